The van der Waals surface area contributed by atoms with Crippen LogP contribution in [0.4, 0.5) is 0 Å². The van der Waals surface area contributed by atoms with Gasteiger partial charge in [-0.3, -0.25) is 9.55 Å². The maximum atomic E-state index is 12.5. The first-order chi connectivity index (χ1) is 13.8. The van der Waals surface area contributed by atoms with Gasteiger partial charge >= 0.3 is 5.91 Å². The van der Waals surface area contributed by atoms with E-state index in [1.54, 1.807) is 21.3 Å². The third kappa shape index (κ3) is 4.22. The van der Waals surface area contributed by atoms with Crippen LogP contribution in [0.5, 0.6) is 17.2 Å². The van der Waals surface area contributed by atoms with E-state index in [0.29, 0.717) is 36.8 Å². The average molecular weight is 400 g/mol. The molecule has 0 aromatic heterocycles. The van der Waals surface area contributed by atoms with Gasteiger partial charge in [-0.2, -0.15) is 0 Å². The summed E-state index contributed by atoms with van der Waals surface area (Å²) in [6.07, 6.45) is 0.515. The molecule has 1 heterocycles. The molecule has 156 valence electrons. The van der Waals surface area contributed by atoms with Gasteiger partial charge in [0.2, 0.25) is 5.75 Å². The van der Waals surface area contributed by atoms with Crippen LogP contribution in [0, 0.1) is 5.21 Å². The minimum Gasteiger partial charge on any atom is -0.625 e. The molecule has 29 heavy (non-hydrogen) atoms. The van der Waals surface area contributed by atoms with Crippen LogP contribution in [0.2, 0.25) is 0 Å². The van der Waals surface area contributed by atoms with Crippen LogP contribution < -0.4 is 14.2 Å². The molecule has 1 aliphatic heterocycles. The summed E-state index contributed by atoms with van der Waals surface area (Å²) in [4.78, 5) is 14.5. The minimum absolute atomic E-state index is 0.285. The normalized spacial score (nSPS) is 22.4. The largest absolute Gasteiger partial charge is 0.625 e. The van der Waals surface area contributed by atoms with Gasteiger partial charge in [-0.05, 0) is 35.9 Å². The highest BCUT2D eigenvalue weighted by Crippen LogP contribution is 2.41. The number of methoxy groups -OCH3 is 3. The third-order valence-electron chi connectivity index (χ3n) is 5.54. The number of amides is 1. The van der Waals surface area contributed by atoms with Gasteiger partial charge in [-0.15, -0.1) is 0 Å². The van der Waals surface area contributed by atoms with Gasteiger partial charge in [0.25, 0.3) is 0 Å². The number of piperazine rings is 1. The van der Waals surface area contributed by atoms with Crippen molar-refractivity contribution in [2.24, 2.45) is 0 Å². The van der Waals surface area contributed by atoms with Gasteiger partial charge in [0.05, 0.1) is 34.9 Å². The number of carbonyl (C=O) groups is 1. The quantitative estimate of drug-likeness (QED) is 0.549. The van der Waals surface area contributed by atoms with E-state index in [4.69, 9.17) is 14.2 Å². The Bertz CT molecular complexity index is 854. The molecule has 1 amide bonds. The van der Waals surface area contributed by atoms with Crippen molar-refractivity contribution in [3.05, 3.63) is 47.2 Å². The molecule has 1 saturated heterocycles. The molecule has 0 saturated carbocycles. The molecule has 7 nitrogen and oxygen atoms in total. The molecule has 2 unspecified atom stereocenters. The summed E-state index contributed by atoms with van der Waals surface area (Å²) in [5, 5.41) is 12.3. The molecule has 0 spiro atoms. The van der Waals surface area contributed by atoms with Gasteiger partial charge in [0, 0.05) is 13.0 Å². The Balaban J connectivity index is 1.85. The van der Waals surface area contributed by atoms with Crippen LogP contribution in [0.25, 0.3) is 11.1 Å². The predicted octanol–water partition coefficient (Wildman–Crippen LogP) is 2.71. The lowest BCUT2D eigenvalue weighted by Gasteiger charge is -2.45. The topological polar surface area (TPSA) is 71.1 Å². The molecule has 3 rings (SSSR count). The Morgan fingerprint density at radius 1 is 1.03 bits per heavy atom. The lowest BCUT2D eigenvalue weighted by atomic mass is 9.98. The van der Waals surface area contributed by atoms with E-state index in [-0.39, 0.29) is 5.91 Å². The van der Waals surface area contributed by atoms with Crippen molar-refractivity contribution >= 4 is 5.91 Å². The van der Waals surface area contributed by atoms with Gasteiger partial charge in [0.15, 0.2) is 11.5 Å². The molecule has 0 radical (unpaired) electrons. The number of carbonyl (C=O) groups excluding carboxylic acids is 1. The molecule has 0 N–H and O–H groups in total. The number of hydroxylamine groups is 3. The second-order valence-corrected chi connectivity index (χ2v) is 7.47. The summed E-state index contributed by atoms with van der Waals surface area (Å²) in [7, 11) is 8.08. The number of benzene rings is 2. The van der Waals surface area contributed by atoms with Crippen molar-refractivity contribution in [2.75, 3.05) is 48.5 Å². The van der Waals surface area contributed by atoms with Crippen molar-refractivity contribution in [1.82, 2.24) is 4.90 Å². The zero-order chi connectivity index (χ0) is 21.2. The molecular weight excluding hydrogens is 372 g/mol. The number of hydrogen-bond acceptors (Lipinski definition) is 6. The van der Waals surface area contributed by atoms with E-state index < -0.39 is 10.7 Å². The minimum atomic E-state index is -0.807. The van der Waals surface area contributed by atoms with E-state index in [1.165, 1.54) is 7.05 Å². The molecular formula is C22H28N2O5. The van der Waals surface area contributed by atoms with E-state index in [2.05, 4.69) is 0 Å². The summed E-state index contributed by atoms with van der Waals surface area (Å²) in [5.74, 6) is 1.45. The molecule has 2 atom stereocenters. The van der Waals surface area contributed by atoms with E-state index in [0.717, 1.165) is 16.7 Å². The van der Waals surface area contributed by atoms with E-state index in [9.17, 15) is 10.0 Å². The SMILES string of the molecule is COc1cc(-c2ccc(CC3C(=O)[N+](C)([O-])CCN3C)cc2)cc(OC)c1OC. The highest BCUT2D eigenvalue weighted by molar-refractivity contribution is 5.77. The fourth-order valence-electron chi connectivity index (χ4n) is 3.67. The van der Waals surface area contributed by atoms with Crippen LogP contribution in [-0.4, -0.2) is 70.0 Å². The zero-order valence-electron chi connectivity index (χ0n) is 17.6. The standard InChI is InChI=1S/C22H28N2O5/c1-23-10-11-24(2,26)22(25)18(23)12-15-6-8-16(9-7-15)17-13-19(27-3)21(29-5)20(14-17)28-4/h6-9,13-14,18H,10-12H2,1-5H3. The van der Waals surface area contributed by atoms with Crippen LogP contribution in [0.1, 0.15) is 5.56 Å². The van der Waals surface area contributed by atoms with Crippen LogP contribution in [0.3, 0.4) is 0 Å². The Labute approximate surface area is 171 Å². The highest BCUT2D eigenvalue weighted by Gasteiger charge is 2.39. The summed E-state index contributed by atoms with van der Waals surface area (Å²) >= 11 is 0. The molecule has 1 fully saturated rings. The summed E-state index contributed by atoms with van der Waals surface area (Å²) in [6, 6.07) is 11.4. The zero-order valence-corrected chi connectivity index (χ0v) is 17.6. The van der Waals surface area contributed by atoms with E-state index >= 15 is 0 Å². The highest BCUT2D eigenvalue weighted by atomic mass is 16.6. The number of ether oxygens (including phenoxy) is 3. The van der Waals surface area contributed by atoms with Crippen LogP contribution in [-0.2, 0) is 11.2 Å². The lowest BCUT2D eigenvalue weighted by molar-refractivity contribution is -0.788. The van der Waals surface area contributed by atoms with Crippen molar-refractivity contribution in [3.8, 4) is 28.4 Å². The summed E-state index contributed by atoms with van der Waals surface area (Å²) < 4.78 is 15.4. The van der Waals surface area contributed by atoms with Gasteiger partial charge in [-0.25, -0.2) is 4.79 Å². The first-order valence-corrected chi connectivity index (χ1v) is 9.51. The summed E-state index contributed by atoms with van der Waals surface area (Å²) in [5.41, 5.74) is 2.93. The molecule has 2 aromatic rings. The monoisotopic (exact) mass is 400 g/mol. The predicted molar refractivity (Wildman–Crippen MR) is 111 cm³/mol. The lowest BCUT2D eigenvalue weighted by Crippen LogP contribution is -2.62. The number of quaternary nitrogens is 1. The number of rotatable bonds is 6. The Morgan fingerprint density at radius 3 is 2.14 bits per heavy atom. The molecule has 1 aliphatic rings. The third-order valence-corrected chi connectivity index (χ3v) is 5.54. The molecule has 0 bridgehead atoms. The summed E-state index contributed by atoms with van der Waals surface area (Å²) in [6.45, 7) is 0.909. The van der Waals surface area contributed by atoms with Crippen LogP contribution >= 0.6 is 0 Å². The maximum Gasteiger partial charge on any atom is 0.331 e. The maximum absolute atomic E-state index is 12.5. The second-order valence-electron chi connectivity index (χ2n) is 7.47. The van der Waals surface area contributed by atoms with Crippen molar-refractivity contribution in [3.63, 3.8) is 0 Å². The van der Waals surface area contributed by atoms with Crippen molar-refractivity contribution in [2.45, 2.75) is 12.5 Å². The van der Waals surface area contributed by atoms with Gasteiger partial charge in [0.1, 0.15) is 6.04 Å². The molecule has 7 heteroatoms. The molecule has 2 aromatic carbocycles. The Hall–Kier alpha value is -2.61. The average Bonchev–Trinajstić information content (AvgIpc) is 2.73. The Kier molecular flexibility index (Phi) is 6.12. The number of hydrogen-bond donors (Lipinski definition) is 0. The number of nitrogens with zero attached hydrogens (tertiary/aromatic N) is 2. The first kappa shape index (κ1) is 21.1. The fourth-order valence-corrected chi connectivity index (χ4v) is 3.67. The van der Waals surface area contributed by atoms with Crippen molar-refractivity contribution in [1.29, 1.82) is 0 Å². The van der Waals surface area contributed by atoms with Crippen molar-refractivity contribution < 1.29 is 23.7 Å². The molecule has 0 aliphatic carbocycles. The Morgan fingerprint density at radius 2 is 1.62 bits per heavy atom. The smallest absolute Gasteiger partial charge is 0.331 e. The van der Waals surface area contributed by atoms with Gasteiger partial charge < -0.3 is 19.4 Å². The van der Waals surface area contributed by atoms with Gasteiger partial charge in [-0.1, -0.05) is 24.3 Å². The first-order valence-electron chi connectivity index (χ1n) is 9.51. The second kappa shape index (κ2) is 8.41. The number of likely N-dealkylation sites (N-methyl/N-ethyl adjacent to an activating group) is 2. The van der Waals surface area contributed by atoms with Crippen LogP contribution in [0.15, 0.2) is 36.4 Å². The fraction of sp³-hybridized carbons (Fsp3) is 0.409. The van der Waals surface area contributed by atoms with E-state index in [1.807, 2.05) is 48.3 Å².